The van der Waals surface area contributed by atoms with E-state index < -0.39 is 5.97 Å². The van der Waals surface area contributed by atoms with Gasteiger partial charge >= 0.3 is 5.97 Å². The van der Waals surface area contributed by atoms with Gasteiger partial charge in [-0.15, -0.1) is 0 Å². The summed E-state index contributed by atoms with van der Waals surface area (Å²) in [5, 5.41) is 8.81. The number of carbonyl (C=O) groups is 1. The molecule has 0 saturated carbocycles. The van der Waals surface area contributed by atoms with Crippen LogP contribution in [0.25, 0.3) is 0 Å². The van der Waals surface area contributed by atoms with E-state index in [0.29, 0.717) is 12.5 Å². The van der Waals surface area contributed by atoms with Crippen LogP contribution < -0.4 is 4.74 Å². The highest BCUT2D eigenvalue weighted by atomic mass is 16.5. The molecular weight excluding hydrogens is 254 g/mol. The van der Waals surface area contributed by atoms with Crippen LogP contribution in [0.2, 0.25) is 0 Å². The van der Waals surface area contributed by atoms with Crippen molar-refractivity contribution in [1.82, 2.24) is 4.90 Å². The summed E-state index contributed by atoms with van der Waals surface area (Å²) < 4.78 is 5.61. The maximum atomic E-state index is 10.7. The number of benzene rings is 2. The van der Waals surface area contributed by atoms with Gasteiger partial charge in [0.15, 0.2) is 0 Å². The number of carboxylic acid groups (broad SMARTS) is 1. The van der Waals surface area contributed by atoms with Crippen molar-refractivity contribution < 1.29 is 14.6 Å². The van der Waals surface area contributed by atoms with Crippen molar-refractivity contribution in [1.29, 1.82) is 0 Å². The van der Waals surface area contributed by atoms with Gasteiger partial charge in [-0.25, -0.2) is 4.79 Å². The summed E-state index contributed by atoms with van der Waals surface area (Å²) >= 11 is 0. The molecule has 0 heterocycles. The summed E-state index contributed by atoms with van der Waals surface area (Å²) in [7, 11) is 1.97. The molecule has 0 radical (unpaired) electrons. The first-order valence-corrected chi connectivity index (χ1v) is 6.34. The molecule has 0 unspecified atom stereocenters. The summed E-state index contributed by atoms with van der Waals surface area (Å²) in [4.78, 5) is 12.8. The van der Waals surface area contributed by atoms with Crippen LogP contribution in [-0.4, -0.2) is 29.8 Å². The molecule has 2 rings (SSSR count). The SMILES string of the molecule is CN(COc1ccc(C(=O)O)cc1)Cc1ccccc1. The van der Waals surface area contributed by atoms with Gasteiger partial charge in [0, 0.05) is 6.54 Å². The first-order chi connectivity index (χ1) is 9.65. The minimum absolute atomic E-state index is 0.259. The van der Waals surface area contributed by atoms with E-state index in [1.54, 1.807) is 12.1 Å². The molecule has 0 aromatic heterocycles. The van der Waals surface area contributed by atoms with Crippen molar-refractivity contribution >= 4 is 5.97 Å². The summed E-state index contributed by atoms with van der Waals surface area (Å²) in [5.41, 5.74) is 1.48. The molecule has 0 spiro atoms. The molecule has 0 atom stereocenters. The molecule has 0 aliphatic carbocycles. The minimum Gasteiger partial charge on any atom is -0.478 e. The molecule has 0 saturated heterocycles. The third kappa shape index (κ3) is 4.10. The Morgan fingerprint density at radius 2 is 1.75 bits per heavy atom. The fraction of sp³-hybridized carbons (Fsp3) is 0.188. The molecule has 0 aliphatic heterocycles. The molecular formula is C16H17NO3. The van der Waals surface area contributed by atoms with Crippen LogP contribution in [0.5, 0.6) is 5.75 Å². The summed E-state index contributed by atoms with van der Waals surface area (Å²) in [5.74, 6) is -0.271. The van der Waals surface area contributed by atoms with Crippen LogP contribution in [0.3, 0.4) is 0 Å². The highest BCUT2D eigenvalue weighted by molar-refractivity contribution is 5.87. The molecule has 1 N–H and O–H groups in total. The Morgan fingerprint density at radius 1 is 1.10 bits per heavy atom. The van der Waals surface area contributed by atoms with Crippen LogP contribution >= 0.6 is 0 Å². The Labute approximate surface area is 118 Å². The molecule has 0 bridgehead atoms. The Bertz CT molecular complexity index is 552. The number of hydrogen-bond donors (Lipinski definition) is 1. The second-order valence-electron chi connectivity index (χ2n) is 4.60. The van der Waals surface area contributed by atoms with E-state index in [1.807, 2.05) is 30.1 Å². The standard InChI is InChI=1S/C16H17NO3/c1-17(11-13-5-3-2-4-6-13)12-20-15-9-7-14(8-10-15)16(18)19/h2-10H,11-12H2,1H3,(H,18,19). The van der Waals surface area contributed by atoms with Crippen LogP contribution in [0.1, 0.15) is 15.9 Å². The minimum atomic E-state index is -0.933. The monoisotopic (exact) mass is 271 g/mol. The third-order valence-electron chi connectivity index (χ3n) is 2.85. The van der Waals surface area contributed by atoms with Gasteiger partial charge in [0.1, 0.15) is 12.5 Å². The predicted molar refractivity (Wildman–Crippen MR) is 76.8 cm³/mol. The zero-order chi connectivity index (χ0) is 14.4. The van der Waals surface area contributed by atoms with Gasteiger partial charge in [0.25, 0.3) is 0 Å². The molecule has 104 valence electrons. The quantitative estimate of drug-likeness (QED) is 0.821. The maximum absolute atomic E-state index is 10.7. The third-order valence-corrected chi connectivity index (χ3v) is 2.85. The van der Waals surface area contributed by atoms with Gasteiger partial charge in [-0.2, -0.15) is 0 Å². The van der Waals surface area contributed by atoms with Crippen molar-refractivity contribution in [3.05, 3.63) is 65.7 Å². The number of hydrogen-bond acceptors (Lipinski definition) is 3. The number of ether oxygens (including phenoxy) is 1. The molecule has 0 amide bonds. The highest BCUT2D eigenvalue weighted by Crippen LogP contribution is 2.13. The Balaban J connectivity index is 1.84. The first-order valence-electron chi connectivity index (χ1n) is 6.34. The van der Waals surface area contributed by atoms with Gasteiger partial charge in [0.2, 0.25) is 0 Å². The molecule has 0 aliphatic rings. The van der Waals surface area contributed by atoms with Gasteiger partial charge in [-0.1, -0.05) is 30.3 Å². The van der Waals surface area contributed by atoms with Crippen molar-refractivity contribution in [3.8, 4) is 5.75 Å². The lowest BCUT2D eigenvalue weighted by atomic mass is 10.2. The smallest absolute Gasteiger partial charge is 0.335 e. The normalized spacial score (nSPS) is 10.5. The van der Waals surface area contributed by atoms with E-state index in [4.69, 9.17) is 9.84 Å². The van der Waals surface area contributed by atoms with Crippen LogP contribution in [0.15, 0.2) is 54.6 Å². The fourth-order valence-corrected chi connectivity index (χ4v) is 1.82. The van der Waals surface area contributed by atoms with Gasteiger partial charge in [-0.05, 0) is 36.9 Å². The second kappa shape index (κ2) is 6.73. The van der Waals surface area contributed by atoms with Crippen molar-refractivity contribution in [2.75, 3.05) is 13.8 Å². The molecule has 2 aromatic rings. The topological polar surface area (TPSA) is 49.8 Å². The number of carboxylic acids is 1. The maximum Gasteiger partial charge on any atom is 0.335 e. The van der Waals surface area contributed by atoms with E-state index in [-0.39, 0.29) is 5.56 Å². The lowest BCUT2D eigenvalue weighted by molar-refractivity contribution is 0.0697. The summed E-state index contributed by atoms with van der Waals surface area (Å²) in [6, 6.07) is 16.5. The Hall–Kier alpha value is -2.33. The number of rotatable bonds is 6. The van der Waals surface area contributed by atoms with Crippen LogP contribution in [-0.2, 0) is 6.54 Å². The first kappa shape index (κ1) is 14.1. The second-order valence-corrected chi connectivity index (χ2v) is 4.60. The zero-order valence-corrected chi connectivity index (χ0v) is 11.3. The Morgan fingerprint density at radius 3 is 2.35 bits per heavy atom. The van der Waals surface area contributed by atoms with Crippen molar-refractivity contribution in [2.24, 2.45) is 0 Å². The van der Waals surface area contributed by atoms with Gasteiger partial charge < -0.3 is 9.84 Å². The molecule has 4 nitrogen and oxygen atoms in total. The fourth-order valence-electron chi connectivity index (χ4n) is 1.82. The molecule has 0 fully saturated rings. The van der Waals surface area contributed by atoms with Gasteiger partial charge in [-0.3, -0.25) is 4.90 Å². The molecule has 4 heteroatoms. The highest BCUT2D eigenvalue weighted by Gasteiger charge is 2.04. The largest absolute Gasteiger partial charge is 0.478 e. The molecule has 2 aromatic carbocycles. The van der Waals surface area contributed by atoms with E-state index in [2.05, 4.69) is 12.1 Å². The van der Waals surface area contributed by atoms with Crippen LogP contribution in [0.4, 0.5) is 0 Å². The van der Waals surface area contributed by atoms with Crippen LogP contribution in [0, 0.1) is 0 Å². The number of aromatic carboxylic acids is 1. The predicted octanol–water partition coefficient (Wildman–Crippen LogP) is 2.85. The van der Waals surface area contributed by atoms with Gasteiger partial charge in [0.05, 0.1) is 5.56 Å². The number of nitrogens with zero attached hydrogens (tertiary/aromatic N) is 1. The van der Waals surface area contributed by atoms with E-state index in [9.17, 15) is 4.79 Å². The summed E-state index contributed by atoms with van der Waals surface area (Å²) in [6.45, 7) is 1.25. The van der Waals surface area contributed by atoms with E-state index in [1.165, 1.54) is 17.7 Å². The molecule has 20 heavy (non-hydrogen) atoms. The lowest BCUT2D eigenvalue weighted by Crippen LogP contribution is -2.23. The average Bonchev–Trinajstić information content (AvgIpc) is 2.46. The van der Waals surface area contributed by atoms with Crippen molar-refractivity contribution in [3.63, 3.8) is 0 Å². The Kier molecular flexibility index (Phi) is 4.74. The average molecular weight is 271 g/mol. The van der Waals surface area contributed by atoms with E-state index >= 15 is 0 Å². The lowest BCUT2D eigenvalue weighted by Gasteiger charge is -2.17. The zero-order valence-electron chi connectivity index (χ0n) is 11.3. The van der Waals surface area contributed by atoms with Crippen molar-refractivity contribution in [2.45, 2.75) is 6.54 Å². The summed E-state index contributed by atoms with van der Waals surface area (Å²) in [6.07, 6.45) is 0. The van der Waals surface area contributed by atoms with E-state index in [0.717, 1.165) is 6.54 Å².